The zero-order valence-corrected chi connectivity index (χ0v) is 45.2. The van der Waals surface area contributed by atoms with Gasteiger partial charge in [0.1, 0.15) is 23.1 Å². The van der Waals surface area contributed by atoms with Crippen molar-refractivity contribution in [2.75, 3.05) is 53.5 Å². The normalized spacial score (nSPS) is 18.6. The van der Waals surface area contributed by atoms with Crippen LogP contribution in [0.1, 0.15) is 134 Å². The van der Waals surface area contributed by atoms with Crippen LogP contribution in [-0.4, -0.2) is 92.7 Å². The van der Waals surface area contributed by atoms with Gasteiger partial charge >= 0.3 is 0 Å². The van der Waals surface area contributed by atoms with Crippen LogP contribution in [0.3, 0.4) is 0 Å². The molecule has 0 amide bonds. The van der Waals surface area contributed by atoms with E-state index >= 15 is 0 Å². The third-order valence-corrected chi connectivity index (χ3v) is 16.8. The van der Waals surface area contributed by atoms with E-state index in [0.29, 0.717) is 16.9 Å². The molecule has 3 saturated heterocycles. The summed E-state index contributed by atoms with van der Waals surface area (Å²) in [5.41, 5.74) is 2.15. The number of ketones is 3. The second kappa shape index (κ2) is 30.0. The lowest BCUT2D eigenvalue weighted by Gasteiger charge is -2.39. The van der Waals surface area contributed by atoms with Gasteiger partial charge in [0.2, 0.25) is 0 Å². The van der Waals surface area contributed by atoms with Crippen molar-refractivity contribution in [3.05, 3.63) is 150 Å². The summed E-state index contributed by atoms with van der Waals surface area (Å²) in [6.45, 7) is 6.07. The molecule has 8 nitrogen and oxygen atoms in total. The Morgan fingerprint density at radius 3 is 1.15 bits per heavy atom. The molecule has 0 radical (unpaired) electrons. The molecule has 0 atom stereocenters. The number of carbonyl (C=O) groups is 3. The van der Waals surface area contributed by atoms with Gasteiger partial charge in [0.05, 0.1) is 14.2 Å². The van der Waals surface area contributed by atoms with E-state index < -0.39 is 0 Å². The Bertz CT molecular complexity index is 2440. The molecule has 12 heteroatoms. The number of carbonyl (C=O) groups excluding carboxylic acids is 3. The van der Waals surface area contributed by atoms with Gasteiger partial charge in [-0.25, -0.2) is 8.78 Å². The van der Waals surface area contributed by atoms with Crippen LogP contribution in [0.25, 0.3) is 0 Å². The molecule has 3 aliphatic heterocycles. The Balaban J connectivity index is 0.000000155. The lowest BCUT2D eigenvalue weighted by atomic mass is 9.86. The minimum Gasteiger partial charge on any atom is -0.497 e. The first-order valence-electron chi connectivity index (χ1n) is 27.1. The van der Waals surface area contributed by atoms with Crippen LogP contribution in [0.4, 0.5) is 8.78 Å². The quantitative estimate of drug-likeness (QED) is 0.0937. The van der Waals surface area contributed by atoms with Crippen LogP contribution < -0.4 is 14.8 Å². The van der Waals surface area contributed by atoms with Crippen LogP contribution in [0, 0.1) is 29.4 Å². The molecule has 5 aromatic carbocycles. The van der Waals surface area contributed by atoms with E-state index in [1.54, 1.807) is 50.2 Å². The number of hydrogen-bond donors (Lipinski definition) is 2. The zero-order valence-electron chi connectivity index (χ0n) is 43.5. The molecule has 0 aromatic heterocycles. The second-order valence-electron chi connectivity index (χ2n) is 20.3. The lowest BCUT2D eigenvalue weighted by molar-refractivity contribution is 0.0742. The highest BCUT2D eigenvalue weighted by Gasteiger charge is 2.31. The first kappa shape index (κ1) is 56.9. The Morgan fingerprint density at radius 1 is 0.459 bits per heavy atom. The number of thiol groups is 1. The number of ether oxygens (including phenoxy) is 2. The average Bonchev–Trinajstić information content (AvgIpc) is 3.47. The van der Waals surface area contributed by atoms with Gasteiger partial charge in [-0.1, -0.05) is 62.4 Å². The van der Waals surface area contributed by atoms with Gasteiger partial charge in [0.25, 0.3) is 0 Å². The Hall–Kier alpha value is -4.85. The number of Topliss-reactive ketones (excluding diaryl/α,β-unsaturated/α-hetero) is 3. The van der Waals surface area contributed by atoms with Crippen LogP contribution in [0.5, 0.6) is 11.5 Å². The van der Waals surface area contributed by atoms with E-state index in [2.05, 4.69) is 52.0 Å². The number of benzene rings is 5. The summed E-state index contributed by atoms with van der Waals surface area (Å²) in [7, 11) is 3.32. The summed E-state index contributed by atoms with van der Waals surface area (Å²) in [5, 5.41) is 3.22. The number of nitrogens with one attached hydrogen (secondary N) is 1. The first-order chi connectivity index (χ1) is 36.1. The number of rotatable bonds is 12. The predicted molar refractivity (Wildman–Crippen MR) is 298 cm³/mol. The van der Waals surface area contributed by atoms with Gasteiger partial charge in [-0.2, -0.15) is 0 Å². The van der Waals surface area contributed by atoms with Crippen molar-refractivity contribution in [1.82, 2.24) is 15.1 Å². The topological polar surface area (TPSA) is 88.2 Å². The number of nitrogens with zero attached hydrogens (tertiary/aromatic N) is 2. The largest absolute Gasteiger partial charge is 0.497 e. The van der Waals surface area contributed by atoms with E-state index in [1.807, 2.05) is 48.5 Å². The molecule has 5 aliphatic rings. The van der Waals surface area contributed by atoms with Gasteiger partial charge < -0.3 is 24.6 Å². The lowest BCUT2D eigenvalue weighted by Crippen LogP contribution is -2.43. The maximum atomic E-state index is 13.0. The highest BCUT2D eigenvalue weighted by molar-refractivity contribution is 7.99. The molecular weight excluding hydrogens is 969 g/mol. The van der Waals surface area contributed by atoms with Crippen LogP contribution in [0.15, 0.2) is 136 Å². The van der Waals surface area contributed by atoms with Crippen molar-refractivity contribution in [2.24, 2.45) is 17.8 Å². The summed E-state index contributed by atoms with van der Waals surface area (Å²) in [4.78, 5) is 45.9. The zero-order chi connectivity index (χ0) is 52.1. The summed E-state index contributed by atoms with van der Waals surface area (Å²) < 4.78 is 35.7. The molecule has 5 fully saturated rings. The molecule has 0 bridgehead atoms. The van der Waals surface area contributed by atoms with Gasteiger partial charge in [-0.3, -0.25) is 14.4 Å². The van der Waals surface area contributed by atoms with Gasteiger partial charge in [-0.05, 0) is 213 Å². The van der Waals surface area contributed by atoms with E-state index in [4.69, 9.17) is 9.47 Å². The number of likely N-dealkylation sites (tertiary alicyclic amines) is 2. The number of piperidine rings is 3. The fourth-order valence-electron chi connectivity index (χ4n) is 11.0. The first-order valence-corrected chi connectivity index (χ1v) is 28.4. The molecule has 2 aliphatic carbocycles. The number of methoxy groups -OCH3 is 2. The van der Waals surface area contributed by atoms with Crippen LogP contribution in [-0.2, 0) is 0 Å². The summed E-state index contributed by atoms with van der Waals surface area (Å²) in [5.74, 6) is 2.25. The third-order valence-electron chi connectivity index (χ3n) is 15.5. The van der Waals surface area contributed by atoms with Crippen molar-refractivity contribution >= 4 is 41.7 Å². The number of hydrogen-bond acceptors (Lipinski definition) is 10. The number of halogens is 2. The molecule has 3 heterocycles. The smallest absolute Gasteiger partial charge is 0.166 e. The van der Waals surface area contributed by atoms with Gasteiger partial charge in [0, 0.05) is 61.2 Å². The molecular formula is C62H77F2N3O5S2. The Labute approximate surface area is 449 Å². The predicted octanol–water partition coefficient (Wildman–Crippen LogP) is 14.1. The SMILES string of the molecule is COc1ccc(S)cc1.COc1ccc(Sc2ccc(C(=O)C3CCN(C4CCCCC4)CC3)cc2)cc1.O=C(c1ccc(F)cc1)C1CCN(C2CCCCC2)CC1.O=C(c1ccc(F)cc1)C1CCNCC1. The third kappa shape index (κ3) is 17.6. The maximum Gasteiger partial charge on any atom is 0.166 e. The average molecular weight is 1050 g/mol. The molecule has 10 rings (SSSR count). The molecule has 74 heavy (non-hydrogen) atoms. The van der Waals surface area contributed by atoms with Crippen molar-refractivity contribution in [1.29, 1.82) is 0 Å². The second-order valence-corrected chi connectivity index (χ2v) is 22.0. The van der Waals surface area contributed by atoms with E-state index in [0.717, 1.165) is 117 Å². The van der Waals surface area contributed by atoms with E-state index in [9.17, 15) is 23.2 Å². The fourth-order valence-corrected chi connectivity index (χ4v) is 12.0. The van der Waals surface area contributed by atoms with Crippen LogP contribution >= 0.6 is 24.4 Å². The van der Waals surface area contributed by atoms with Crippen LogP contribution in [0.2, 0.25) is 0 Å². The minimum atomic E-state index is -0.295. The van der Waals surface area contributed by atoms with E-state index in [1.165, 1.54) is 93.4 Å². The molecule has 0 spiro atoms. The van der Waals surface area contributed by atoms with Crippen molar-refractivity contribution in [3.8, 4) is 11.5 Å². The summed E-state index contributed by atoms with van der Waals surface area (Å²) in [6.07, 6.45) is 19.3. The van der Waals surface area contributed by atoms with Crippen molar-refractivity contribution in [3.63, 3.8) is 0 Å². The molecule has 1 N–H and O–H groups in total. The summed E-state index contributed by atoms with van der Waals surface area (Å²) in [6, 6.07) is 37.1. The molecule has 0 unspecified atom stereocenters. The molecule has 5 aromatic rings. The Kier molecular flexibility index (Phi) is 23.1. The minimum absolute atomic E-state index is 0.108. The summed E-state index contributed by atoms with van der Waals surface area (Å²) >= 11 is 5.82. The highest BCUT2D eigenvalue weighted by atomic mass is 32.2. The molecule has 2 saturated carbocycles. The maximum absolute atomic E-state index is 13.0. The van der Waals surface area contributed by atoms with E-state index in [-0.39, 0.29) is 41.0 Å². The van der Waals surface area contributed by atoms with Gasteiger partial charge in [-0.15, -0.1) is 12.6 Å². The Morgan fingerprint density at radius 2 is 0.784 bits per heavy atom. The highest BCUT2D eigenvalue weighted by Crippen LogP contribution is 2.33. The van der Waals surface area contributed by atoms with Crippen molar-refractivity contribution in [2.45, 2.75) is 130 Å². The fraction of sp³-hybridized carbons (Fsp3) is 0.468. The molecule has 396 valence electrons. The van der Waals surface area contributed by atoms with Gasteiger partial charge in [0.15, 0.2) is 17.3 Å². The standard InChI is InChI=1S/C25H31NO2S.C18H24FNO.C12H14FNO.C7H8OS/c1-28-22-9-13-24(14-10-22)29-23-11-7-19(8-12-23)25(27)20-15-17-26(18-16-20)21-5-3-2-4-6-21;19-16-8-6-14(7-9-16)18(21)15-10-12-20(13-11-15)17-4-2-1-3-5-17;13-11-3-1-9(2-4-11)12(15)10-5-7-14-8-6-10;1-8-6-2-4-7(9)5-3-6/h7-14,20-21H,2-6,15-18H2,1H3;6-9,15,17H,1-5,10-13H2;1-4,10,14H,5-8H2;2-5,9H,1H3. The van der Waals surface area contributed by atoms with Crippen molar-refractivity contribution < 1.29 is 32.6 Å². The monoisotopic (exact) mass is 1050 g/mol.